The zero-order valence-electron chi connectivity index (χ0n) is 13.4. The van der Waals surface area contributed by atoms with E-state index in [-0.39, 0.29) is 6.04 Å². The molecule has 2 N–H and O–H groups in total. The molecule has 1 aromatic carbocycles. The summed E-state index contributed by atoms with van der Waals surface area (Å²) in [5.74, 6) is 0.906. The van der Waals surface area contributed by atoms with Crippen LogP contribution in [0.25, 0.3) is 0 Å². The zero-order chi connectivity index (χ0) is 15.0. The van der Waals surface area contributed by atoms with E-state index in [1.54, 1.807) is 7.11 Å². The van der Waals surface area contributed by atoms with E-state index in [1.165, 1.54) is 25.1 Å². The van der Waals surface area contributed by atoms with E-state index in [0.717, 1.165) is 24.4 Å². The normalized spacial score (nSPS) is 27.5. The minimum absolute atomic E-state index is 0.0232. The van der Waals surface area contributed by atoms with Gasteiger partial charge in [-0.1, -0.05) is 6.07 Å². The second-order valence-electron chi connectivity index (χ2n) is 6.47. The molecule has 4 heteroatoms. The summed E-state index contributed by atoms with van der Waals surface area (Å²) in [6.07, 6.45) is 2.66. The highest BCUT2D eigenvalue weighted by Crippen LogP contribution is 2.37. The van der Waals surface area contributed by atoms with Crippen LogP contribution in [0.2, 0.25) is 0 Å². The van der Waals surface area contributed by atoms with Crippen LogP contribution in [0.1, 0.15) is 38.3 Å². The molecule has 21 heavy (non-hydrogen) atoms. The number of hydrogen-bond acceptors (Lipinski definition) is 4. The molecule has 2 aliphatic heterocycles. The van der Waals surface area contributed by atoms with Crippen molar-refractivity contribution in [2.45, 2.75) is 44.8 Å². The lowest BCUT2D eigenvalue weighted by atomic mass is 10.0. The molecule has 2 unspecified atom stereocenters. The van der Waals surface area contributed by atoms with Crippen LogP contribution >= 0.6 is 0 Å². The number of anilines is 1. The minimum Gasteiger partial charge on any atom is -0.496 e. The molecule has 3 rings (SSSR count). The molecule has 2 fully saturated rings. The molecule has 0 radical (unpaired) electrons. The van der Waals surface area contributed by atoms with E-state index in [1.807, 2.05) is 13.0 Å². The van der Waals surface area contributed by atoms with Gasteiger partial charge >= 0.3 is 0 Å². The Kier molecular flexibility index (Phi) is 4.09. The molecule has 2 heterocycles. The van der Waals surface area contributed by atoms with Gasteiger partial charge in [-0.15, -0.1) is 0 Å². The highest BCUT2D eigenvalue weighted by molar-refractivity contribution is 5.61. The Balaban J connectivity index is 1.95. The van der Waals surface area contributed by atoms with Crippen molar-refractivity contribution in [1.29, 1.82) is 0 Å². The monoisotopic (exact) mass is 289 g/mol. The number of hydrogen-bond donors (Lipinski definition) is 1. The second-order valence-corrected chi connectivity index (χ2v) is 6.47. The number of rotatable bonds is 3. The Labute approximate surface area is 127 Å². The van der Waals surface area contributed by atoms with Crippen molar-refractivity contribution >= 4 is 5.69 Å². The maximum absolute atomic E-state index is 6.23. The van der Waals surface area contributed by atoms with Crippen molar-refractivity contribution in [3.63, 3.8) is 0 Å². The Bertz CT molecular complexity index is 503. The first-order valence-corrected chi connectivity index (χ1v) is 8.05. The molecule has 116 valence electrons. The van der Waals surface area contributed by atoms with Gasteiger partial charge < -0.3 is 15.4 Å². The topological polar surface area (TPSA) is 41.7 Å². The fourth-order valence-corrected chi connectivity index (χ4v) is 3.94. The van der Waals surface area contributed by atoms with Crippen LogP contribution in [-0.2, 0) is 0 Å². The van der Waals surface area contributed by atoms with Crippen LogP contribution in [0.15, 0.2) is 18.2 Å². The van der Waals surface area contributed by atoms with Gasteiger partial charge in [-0.05, 0) is 45.4 Å². The van der Waals surface area contributed by atoms with Gasteiger partial charge in [0.05, 0.1) is 7.11 Å². The Hall–Kier alpha value is -1.26. The predicted octanol–water partition coefficient (Wildman–Crippen LogP) is 2.39. The molecule has 0 amide bonds. The zero-order valence-corrected chi connectivity index (χ0v) is 13.4. The van der Waals surface area contributed by atoms with E-state index < -0.39 is 0 Å². The van der Waals surface area contributed by atoms with E-state index in [4.69, 9.17) is 10.5 Å². The Morgan fingerprint density at radius 2 is 2.14 bits per heavy atom. The first-order valence-electron chi connectivity index (χ1n) is 8.05. The van der Waals surface area contributed by atoms with E-state index in [9.17, 15) is 0 Å². The molecule has 1 aromatic rings. The molecular weight excluding hydrogens is 262 g/mol. The SMILES string of the molecule is COc1cccc(N2CC3CCCN3CC2C)c1[C@@H](C)N. The average Bonchev–Trinajstić information content (AvgIpc) is 2.92. The van der Waals surface area contributed by atoms with Crippen LogP contribution in [0.4, 0.5) is 5.69 Å². The summed E-state index contributed by atoms with van der Waals surface area (Å²) >= 11 is 0. The van der Waals surface area contributed by atoms with Gasteiger partial charge in [0.1, 0.15) is 5.75 Å². The number of piperazine rings is 1. The molecule has 4 nitrogen and oxygen atoms in total. The predicted molar refractivity (Wildman–Crippen MR) is 87.0 cm³/mol. The van der Waals surface area contributed by atoms with Crippen molar-refractivity contribution < 1.29 is 4.74 Å². The quantitative estimate of drug-likeness (QED) is 0.928. The number of fused-ring (bicyclic) bond motifs is 1. The Morgan fingerprint density at radius 3 is 2.86 bits per heavy atom. The lowest BCUT2D eigenvalue weighted by Crippen LogP contribution is -2.55. The lowest BCUT2D eigenvalue weighted by molar-refractivity contribution is 0.202. The first-order chi connectivity index (χ1) is 10.1. The molecule has 0 saturated carbocycles. The number of nitrogens with two attached hydrogens (primary N) is 1. The third kappa shape index (κ3) is 2.62. The highest BCUT2D eigenvalue weighted by Gasteiger charge is 2.35. The molecular formula is C17H27N3O. The van der Waals surface area contributed by atoms with Crippen LogP contribution in [0, 0.1) is 0 Å². The maximum Gasteiger partial charge on any atom is 0.125 e. The van der Waals surface area contributed by atoms with Crippen LogP contribution in [0.5, 0.6) is 5.75 Å². The van der Waals surface area contributed by atoms with Gasteiger partial charge in [-0.3, -0.25) is 4.90 Å². The van der Waals surface area contributed by atoms with Crippen LogP contribution in [0.3, 0.4) is 0 Å². The number of ether oxygens (including phenoxy) is 1. The molecule has 0 spiro atoms. The van der Waals surface area contributed by atoms with Crippen molar-refractivity contribution in [1.82, 2.24) is 4.90 Å². The third-order valence-corrected chi connectivity index (χ3v) is 4.97. The van der Waals surface area contributed by atoms with Crippen molar-refractivity contribution in [2.75, 3.05) is 31.6 Å². The fourth-order valence-electron chi connectivity index (χ4n) is 3.94. The third-order valence-electron chi connectivity index (χ3n) is 4.97. The van der Waals surface area contributed by atoms with Crippen molar-refractivity contribution in [2.24, 2.45) is 5.73 Å². The molecule has 0 aromatic heterocycles. The van der Waals surface area contributed by atoms with E-state index in [0.29, 0.717) is 12.1 Å². The number of benzene rings is 1. The van der Waals surface area contributed by atoms with Crippen LogP contribution in [-0.4, -0.2) is 43.7 Å². The summed E-state index contributed by atoms with van der Waals surface area (Å²) < 4.78 is 5.54. The van der Waals surface area contributed by atoms with Crippen LogP contribution < -0.4 is 15.4 Å². The first kappa shape index (κ1) is 14.7. The van der Waals surface area contributed by atoms with Gasteiger partial charge in [-0.2, -0.15) is 0 Å². The lowest BCUT2D eigenvalue weighted by Gasteiger charge is -2.44. The maximum atomic E-state index is 6.23. The largest absolute Gasteiger partial charge is 0.496 e. The summed E-state index contributed by atoms with van der Waals surface area (Å²) in [7, 11) is 1.73. The molecule has 0 bridgehead atoms. The van der Waals surface area contributed by atoms with E-state index >= 15 is 0 Å². The second kappa shape index (κ2) is 5.85. The molecule has 2 saturated heterocycles. The van der Waals surface area contributed by atoms with Gasteiger partial charge in [-0.25, -0.2) is 0 Å². The van der Waals surface area contributed by atoms with Crippen molar-refractivity contribution in [3.05, 3.63) is 23.8 Å². The summed E-state index contributed by atoms with van der Waals surface area (Å²) in [6.45, 7) is 7.88. The summed E-state index contributed by atoms with van der Waals surface area (Å²) in [5.41, 5.74) is 8.62. The van der Waals surface area contributed by atoms with Gasteiger partial charge in [0.15, 0.2) is 0 Å². The van der Waals surface area contributed by atoms with Gasteiger partial charge in [0.2, 0.25) is 0 Å². The molecule has 0 aliphatic carbocycles. The smallest absolute Gasteiger partial charge is 0.125 e. The Morgan fingerprint density at radius 1 is 1.33 bits per heavy atom. The summed E-state index contributed by atoms with van der Waals surface area (Å²) in [5, 5.41) is 0. The van der Waals surface area contributed by atoms with Crippen molar-refractivity contribution in [3.8, 4) is 5.75 Å². The molecule has 3 atom stereocenters. The standard InChI is InChI=1S/C17H27N3O/c1-12-10-19-9-5-6-14(19)11-20(12)15-7-4-8-16(21-3)17(15)13(2)18/h4,7-8,12-14H,5-6,9-11,18H2,1-3H3/t12?,13-,14?/m1/s1. The summed E-state index contributed by atoms with van der Waals surface area (Å²) in [4.78, 5) is 5.18. The molecule has 2 aliphatic rings. The number of methoxy groups -OCH3 is 1. The van der Waals surface area contributed by atoms with Gasteiger partial charge in [0.25, 0.3) is 0 Å². The minimum atomic E-state index is -0.0232. The van der Waals surface area contributed by atoms with E-state index in [2.05, 4.69) is 28.9 Å². The average molecular weight is 289 g/mol. The highest BCUT2D eigenvalue weighted by atomic mass is 16.5. The summed E-state index contributed by atoms with van der Waals surface area (Å²) in [6, 6.07) is 7.48. The number of nitrogens with zero attached hydrogens (tertiary/aromatic N) is 2. The van der Waals surface area contributed by atoms with Gasteiger partial charge in [0, 0.05) is 42.5 Å². The fraction of sp³-hybridized carbons (Fsp3) is 0.647.